The molecule has 0 spiro atoms. The number of carbonyl (C=O) groups is 2. The smallest absolute Gasteiger partial charge is 0.243 e. The number of hydrogen-bond donors (Lipinski definition) is 1. The van der Waals surface area contributed by atoms with Gasteiger partial charge in [0.05, 0.1) is 11.9 Å². The maximum absolute atomic E-state index is 14.1. The van der Waals surface area contributed by atoms with Crippen molar-refractivity contribution in [3.63, 3.8) is 0 Å². The van der Waals surface area contributed by atoms with E-state index >= 15 is 0 Å². The molecular formula is C34H42ClN3O4S. The largest absolute Gasteiger partial charge is 0.352 e. The Balaban J connectivity index is 1.59. The Morgan fingerprint density at radius 1 is 0.930 bits per heavy atom. The van der Waals surface area contributed by atoms with Crippen LogP contribution >= 0.6 is 11.6 Å². The summed E-state index contributed by atoms with van der Waals surface area (Å²) in [5.74, 6) is -0.329. The van der Waals surface area contributed by atoms with Crippen molar-refractivity contribution in [1.82, 2.24) is 10.2 Å². The van der Waals surface area contributed by atoms with Crippen molar-refractivity contribution < 1.29 is 18.0 Å². The number of sulfonamides is 1. The third kappa shape index (κ3) is 9.57. The first kappa shape index (κ1) is 32.6. The van der Waals surface area contributed by atoms with Gasteiger partial charge in [0.15, 0.2) is 0 Å². The molecule has 7 nitrogen and oxygen atoms in total. The molecule has 0 bridgehead atoms. The average molecular weight is 624 g/mol. The molecule has 1 N–H and O–H groups in total. The molecule has 3 aromatic rings. The summed E-state index contributed by atoms with van der Waals surface area (Å²) < 4.78 is 26.6. The zero-order valence-electron chi connectivity index (χ0n) is 25.0. The molecule has 3 aromatic carbocycles. The number of rotatable bonds is 13. The Kier molecular flexibility index (Phi) is 11.7. The van der Waals surface area contributed by atoms with Crippen LogP contribution in [-0.4, -0.2) is 50.0 Å². The summed E-state index contributed by atoms with van der Waals surface area (Å²) in [6.45, 7) is 2.42. The molecule has 0 aromatic heterocycles. The summed E-state index contributed by atoms with van der Waals surface area (Å²) in [7, 11) is -3.59. The number of hydrogen-bond acceptors (Lipinski definition) is 4. The van der Waals surface area contributed by atoms with E-state index in [2.05, 4.69) is 5.32 Å². The Hall–Kier alpha value is -3.36. The second-order valence-electron chi connectivity index (χ2n) is 11.4. The summed E-state index contributed by atoms with van der Waals surface area (Å²) in [4.78, 5) is 29.7. The van der Waals surface area contributed by atoms with Crippen LogP contribution in [0.3, 0.4) is 0 Å². The van der Waals surface area contributed by atoms with Crippen LogP contribution in [0, 0.1) is 6.92 Å². The van der Waals surface area contributed by atoms with Gasteiger partial charge in [-0.05, 0) is 67.1 Å². The van der Waals surface area contributed by atoms with Gasteiger partial charge in [-0.2, -0.15) is 0 Å². The highest BCUT2D eigenvalue weighted by atomic mass is 35.5. The zero-order valence-corrected chi connectivity index (χ0v) is 26.6. The van der Waals surface area contributed by atoms with Crippen molar-refractivity contribution in [1.29, 1.82) is 0 Å². The predicted octanol–water partition coefficient (Wildman–Crippen LogP) is 6.28. The number of halogens is 1. The Labute approximate surface area is 261 Å². The van der Waals surface area contributed by atoms with E-state index in [1.54, 1.807) is 29.2 Å². The number of anilines is 1. The van der Waals surface area contributed by atoms with Crippen molar-refractivity contribution in [2.24, 2.45) is 0 Å². The lowest BCUT2D eigenvalue weighted by atomic mass is 9.94. The van der Waals surface area contributed by atoms with Crippen LogP contribution in [0.2, 0.25) is 5.02 Å². The fourth-order valence-electron chi connectivity index (χ4n) is 5.68. The standard InChI is InChI=1S/C34H42ClN3O4S/c1-26-12-9-10-15-28(26)25-37(33(39)18-11-23-38(43(2,41)42)31-21-19-29(35)20-22-31)32(24-27-13-5-3-6-14-27)34(40)36-30-16-7-4-8-17-30/h3,5-6,9-10,12-15,19-22,30,32H,4,7-8,11,16-18,23-25H2,1-2H3,(H,36,40). The molecule has 0 radical (unpaired) electrons. The van der Waals surface area contributed by atoms with Gasteiger partial charge in [0, 0.05) is 37.0 Å². The fraction of sp³-hybridized carbons (Fsp3) is 0.412. The van der Waals surface area contributed by atoms with Gasteiger partial charge in [-0.1, -0.05) is 85.5 Å². The quantitative estimate of drug-likeness (QED) is 0.243. The summed E-state index contributed by atoms with van der Waals surface area (Å²) in [5, 5.41) is 3.77. The average Bonchev–Trinajstić information content (AvgIpc) is 2.99. The van der Waals surface area contributed by atoms with Crippen LogP contribution in [0.4, 0.5) is 5.69 Å². The highest BCUT2D eigenvalue weighted by molar-refractivity contribution is 7.92. The molecule has 230 valence electrons. The van der Waals surface area contributed by atoms with E-state index in [-0.39, 0.29) is 37.4 Å². The minimum absolute atomic E-state index is 0.0908. The van der Waals surface area contributed by atoms with Gasteiger partial charge in [0.1, 0.15) is 6.04 Å². The summed E-state index contributed by atoms with van der Waals surface area (Å²) in [6, 6.07) is 23.7. The Bertz CT molecular complexity index is 1460. The van der Waals surface area contributed by atoms with Gasteiger partial charge in [-0.3, -0.25) is 13.9 Å². The van der Waals surface area contributed by atoms with E-state index in [1.807, 2.05) is 61.5 Å². The lowest BCUT2D eigenvalue weighted by Gasteiger charge is -2.34. The summed E-state index contributed by atoms with van der Waals surface area (Å²) in [6.07, 6.45) is 7.17. The monoisotopic (exact) mass is 623 g/mol. The molecule has 0 heterocycles. The van der Waals surface area contributed by atoms with Crippen LogP contribution in [0.15, 0.2) is 78.9 Å². The van der Waals surface area contributed by atoms with Gasteiger partial charge in [0.25, 0.3) is 0 Å². The van der Waals surface area contributed by atoms with Crippen molar-refractivity contribution in [3.05, 3.63) is 101 Å². The molecular weight excluding hydrogens is 582 g/mol. The van der Waals surface area contributed by atoms with E-state index in [0.29, 0.717) is 23.6 Å². The normalized spacial score (nSPS) is 14.6. The minimum atomic E-state index is -3.59. The van der Waals surface area contributed by atoms with Gasteiger partial charge in [0.2, 0.25) is 21.8 Å². The SMILES string of the molecule is Cc1ccccc1CN(C(=O)CCCN(c1ccc(Cl)cc1)S(C)(=O)=O)C(Cc1ccccc1)C(=O)NC1CCCCC1. The van der Waals surface area contributed by atoms with E-state index in [9.17, 15) is 18.0 Å². The molecule has 2 amide bonds. The van der Waals surface area contributed by atoms with Crippen molar-refractivity contribution >= 4 is 39.1 Å². The number of amides is 2. The zero-order chi connectivity index (χ0) is 30.8. The van der Waals surface area contributed by atoms with Crippen LogP contribution < -0.4 is 9.62 Å². The molecule has 1 aliphatic rings. The van der Waals surface area contributed by atoms with Crippen molar-refractivity contribution in [2.75, 3.05) is 17.1 Å². The molecule has 0 aliphatic heterocycles. The molecule has 1 unspecified atom stereocenters. The van der Waals surface area contributed by atoms with Gasteiger partial charge < -0.3 is 10.2 Å². The number of nitrogens with zero attached hydrogens (tertiary/aromatic N) is 2. The molecule has 9 heteroatoms. The number of benzene rings is 3. The second kappa shape index (κ2) is 15.4. The van der Waals surface area contributed by atoms with E-state index < -0.39 is 16.1 Å². The maximum atomic E-state index is 14.1. The molecule has 43 heavy (non-hydrogen) atoms. The Morgan fingerprint density at radius 2 is 1.58 bits per heavy atom. The topological polar surface area (TPSA) is 86.8 Å². The van der Waals surface area contributed by atoms with Crippen LogP contribution in [0.25, 0.3) is 0 Å². The second-order valence-corrected chi connectivity index (χ2v) is 13.8. The number of aryl methyl sites for hydroxylation is 1. The first-order valence-corrected chi connectivity index (χ1v) is 17.3. The summed E-state index contributed by atoms with van der Waals surface area (Å²) in [5.41, 5.74) is 3.47. The van der Waals surface area contributed by atoms with Gasteiger partial charge in [-0.15, -0.1) is 0 Å². The van der Waals surface area contributed by atoms with Crippen LogP contribution in [0.5, 0.6) is 0 Å². The minimum Gasteiger partial charge on any atom is -0.352 e. The third-order valence-electron chi connectivity index (χ3n) is 8.09. The van der Waals surface area contributed by atoms with E-state index in [4.69, 9.17) is 11.6 Å². The van der Waals surface area contributed by atoms with E-state index in [0.717, 1.165) is 48.6 Å². The number of carbonyl (C=O) groups excluding carboxylic acids is 2. The van der Waals surface area contributed by atoms with Gasteiger partial charge >= 0.3 is 0 Å². The highest BCUT2D eigenvalue weighted by Crippen LogP contribution is 2.23. The Morgan fingerprint density at radius 3 is 2.23 bits per heavy atom. The van der Waals surface area contributed by atoms with Crippen LogP contribution in [0.1, 0.15) is 61.6 Å². The lowest BCUT2D eigenvalue weighted by molar-refractivity contribution is -0.141. The summed E-state index contributed by atoms with van der Waals surface area (Å²) >= 11 is 6.01. The van der Waals surface area contributed by atoms with Crippen molar-refractivity contribution in [2.45, 2.75) is 76.9 Å². The molecule has 1 fully saturated rings. The van der Waals surface area contributed by atoms with E-state index in [1.165, 1.54) is 10.7 Å². The maximum Gasteiger partial charge on any atom is 0.243 e. The molecule has 1 aliphatic carbocycles. The predicted molar refractivity (Wildman–Crippen MR) is 174 cm³/mol. The number of nitrogens with one attached hydrogen (secondary N) is 1. The van der Waals surface area contributed by atoms with Gasteiger partial charge in [-0.25, -0.2) is 8.42 Å². The fourth-order valence-corrected chi connectivity index (χ4v) is 6.77. The molecule has 4 rings (SSSR count). The first-order chi connectivity index (χ1) is 20.6. The lowest BCUT2D eigenvalue weighted by Crippen LogP contribution is -2.53. The van der Waals surface area contributed by atoms with Crippen molar-refractivity contribution in [3.8, 4) is 0 Å². The van der Waals surface area contributed by atoms with Crippen LogP contribution in [-0.2, 0) is 32.6 Å². The highest BCUT2D eigenvalue weighted by Gasteiger charge is 2.32. The first-order valence-electron chi connectivity index (χ1n) is 15.0. The third-order valence-corrected chi connectivity index (χ3v) is 9.54. The molecule has 1 saturated carbocycles. The molecule has 1 atom stereocenters. The molecule has 0 saturated heterocycles.